The fourth-order valence-corrected chi connectivity index (χ4v) is 8.06. The summed E-state index contributed by atoms with van der Waals surface area (Å²) < 4.78 is 69.9. The highest BCUT2D eigenvalue weighted by Crippen LogP contribution is 2.50. The Morgan fingerprint density at radius 3 is 2.44 bits per heavy atom. The molecule has 0 unspecified atom stereocenters. The van der Waals surface area contributed by atoms with Crippen LogP contribution in [-0.4, -0.2) is 47.1 Å². The summed E-state index contributed by atoms with van der Waals surface area (Å²) in [6, 6.07) is 13.6. The number of benzene rings is 2. The van der Waals surface area contributed by atoms with Crippen molar-refractivity contribution >= 4 is 21.8 Å². The van der Waals surface area contributed by atoms with Crippen molar-refractivity contribution in [1.82, 2.24) is 18.6 Å². The molecular weight excluding hydrogens is 513 g/mol. The van der Waals surface area contributed by atoms with Crippen LogP contribution >= 0.6 is 11.6 Å². The SMILES string of the molecule is O=S1(=O)N[C@@]2(CN1CC(F)(F)F)[C@@H]1CC[C@H]2Cc2ccc(-c3cn(-c4ccc(Cl)cc4)cn3)cc2C1. The molecule has 1 aliphatic heterocycles. The van der Waals surface area contributed by atoms with Gasteiger partial charge in [-0.2, -0.15) is 30.6 Å². The van der Waals surface area contributed by atoms with Gasteiger partial charge in [-0.1, -0.05) is 23.7 Å². The third-order valence-electron chi connectivity index (χ3n) is 7.92. The first kappa shape index (κ1) is 24.0. The fraction of sp³-hybridized carbons (Fsp3) is 0.400. The average Bonchev–Trinajstić information content (AvgIpc) is 3.43. The lowest BCUT2D eigenvalue weighted by Gasteiger charge is -2.33. The predicted octanol–water partition coefficient (Wildman–Crippen LogP) is 4.77. The number of fused-ring (bicyclic) bond motifs is 1. The van der Waals surface area contributed by atoms with E-state index in [1.807, 2.05) is 41.1 Å². The molecule has 11 heteroatoms. The van der Waals surface area contributed by atoms with Gasteiger partial charge in [0.1, 0.15) is 6.54 Å². The van der Waals surface area contributed by atoms with Gasteiger partial charge in [0.15, 0.2) is 0 Å². The maximum absolute atomic E-state index is 13.1. The first-order chi connectivity index (χ1) is 17.0. The minimum Gasteiger partial charge on any atom is -0.306 e. The van der Waals surface area contributed by atoms with E-state index in [0.29, 0.717) is 22.2 Å². The van der Waals surface area contributed by atoms with Crippen molar-refractivity contribution in [3.63, 3.8) is 0 Å². The molecule has 0 amide bonds. The average molecular weight is 537 g/mol. The van der Waals surface area contributed by atoms with Gasteiger partial charge >= 0.3 is 6.18 Å². The van der Waals surface area contributed by atoms with Crippen molar-refractivity contribution in [2.45, 2.75) is 37.4 Å². The summed E-state index contributed by atoms with van der Waals surface area (Å²) in [6.45, 7) is -1.60. The third kappa shape index (κ3) is 4.13. The topological polar surface area (TPSA) is 67.2 Å². The summed E-state index contributed by atoms with van der Waals surface area (Å²) in [5.41, 5.74) is 4.03. The molecule has 36 heavy (non-hydrogen) atoms. The number of nitrogens with one attached hydrogen (secondary N) is 1. The third-order valence-corrected chi connectivity index (χ3v) is 9.74. The van der Waals surface area contributed by atoms with Crippen LogP contribution in [0.1, 0.15) is 24.0 Å². The van der Waals surface area contributed by atoms with Crippen LogP contribution < -0.4 is 4.72 Å². The molecule has 3 aromatic rings. The Hall–Kier alpha value is -2.40. The lowest BCUT2D eigenvalue weighted by molar-refractivity contribution is -0.136. The van der Waals surface area contributed by atoms with E-state index in [4.69, 9.17) is 11.6 Å². The number of alkyl halides is 3. The fourth-order valence-electron chi connectivity index (χ4n) is 6.23. The molecular formula is C25H24ClF3N4O2S. The molecule has 6 nitrogen and oxygen atoms in total. The van der Waals surface area contributed by atoms with Crippen molar-refractivity contribution in [2.24, 2.45) is 11.8 Å². The second kappa shape index (κ2) is 8.31. The summed E-state index contributed by atoms with van der Waals surface area (Å²) in [6.07, 6.45) is 1.91. The maximum Gasteiger partial charge on any atom is 0.402 e. The molecule has 3 atom stereocenters. The molecule has 6 rings (SSSR count). The highest BCUT2D eigenvalue weighted by Gasteiger charge is 2.60. The van der Waals surface area contributed by atoms with Gasteiger partial charge in [0.05, 0.1) is 17.6 Å². The Labute approximate surface area is 212 Å². The molecule has 0 radical (unpaired) electrons. The minimum absolute atomic E-state index is 0.0493. The minimum atomic E-state index is -4.59. The summed E-state index contributed by atoms with van der Waals surface area (Å²) in [5, 5.41) is 0.656. The van der Waals surface area contributed by atoms with E-state index >= 15 is 0 Å². The zero-order valence-corrected chi connectivity index (χ0v) is 20.7. The summed E-state index contributed by atoms with van der Waals surface area (Å²) >= 11 is 5.99. The highest BCUT2D eigenvalue weighted by molar-refractivity contribution is 7.87. The molecule has 2 aliphatic carbocycles. The van der Waals surface area contributed by atoms with Gasteiger partial charge in [-0.05, 0) is 79.0 Å². The van der Waals surface area contributed by atoms with Gasteiger partial charge < -0.3 is 4.57 Å². The lowest BCUT2D eigenvalue weighted by atomic mass is 9.79. The maximum atomic E-state index is 13.1. The van der Waals surface area contributed by atoms with Crippen LogP contribution in [0.3, 0.4) is 0 Å². The van der Waals surface area contributed by atoms with Crippen LogP contribution in [0.5, 0.6) is 0 Å². The molecule has 2 aromatic carbocycles. The summed E-state index contributed by atoms with van der Waals surface area (Å²) in [5.74, 6) is -0.120. The Morgan fingerprint density at radius 1 is 1.06 bits per heavy atom. The van der Waals surface area contributed by atoms with Crippen LogP contribution in [0.4, 0.5) is 13.2 Å². The molecule has 1 aromatic heterocycles. The van der Waals surface area contributed by atoms with Gasteiger partial charge in [0.25, 0.3) is 10.2 Å². The Balaban J connectivity index is 1.29. The van der Waals surface area contributed by atoms with Crippen LogP contribution in [0.2, 0.25) is 5.02 Å². The van der Waals surface area contributed by atoms with Crippen LogP contribution in [0.15, 0.2) is 55.0 Å². The predicted molar refractivity (Wildman–Crippen MR) is 130 cm³/mol. The zero-order valence-electron chi connectivity index (χ0n) is 19.2. The molecule has 3 aliphatic rings. The number of hydrogen-bond acceptors (Lipinski definition) is 3. The molecule has 2 bridgehead atoms. The van der Waals surface area contributed by atoms with Crippen molar-refractivity contribution in [2.75, 3.05) is 13.1 Å². The van der Waals surface area contributed by atoms with E-state index in [1.165, 1.54) is 0 Å². The Bertz CT molecular complexity index is 1420. The number of imidazole rings is 1. The summed E-state index contributed by atoms with van der Waals surface area (Å²) in [7, 11) is -4.19. The number of rotatable bonds is 3. The quantitative estimate of drug-likeness (QED) is 0.524. The van der Waals surface area contributed by atoms with E-state index in [-0.39, 0.29) is 18.4 Å². The van der Waals surface area contributed by atoms with E-state index in [2.05, 4.69) is 21.8 Å². The van der Waals surface area contributed by atoms with Crippen molar-refractivity contribution in [3.8, 4) is 16.9 Å². The van der Waals surface area contributed by atoms with E-state index in [1.54, 1.807) is 6.33 Å². The van der Waals surface area contributed by atoms with E-state index in [9.17, 15) is 21.6 Å². The molecule has 1 saturated heterocycles. The van der Waals surface area contributed by atoms with Gasteiger partial charge in [-0.25, -0.2) is 4.98 Å². The first-order valence-corrected chi connectivity index (χ1v) is 13.6. The molecule has 1 N–H and O–H groups in total. The van der Waals surface area contributed by atoms with Crippen LogP contribution in [0, 0.1) is 11.8 Å². The second-order valence-electron chi connectivity index (χ2n) is 10.0. The van der Waals surface area contributed by atoms with Crippen molar-refractivity contribution in [1.29, 1.82) is 0 Å². The number of hydrogen-bond donors (Lipinski definition) is 1. The summed E-state index contributed by atoms with van der Waals surface area (Å²) in [4.78, 5) is 4.56. The molecule has 2 fully saturated rings. The Morgan fingerprint density at radius 2 is 1.75 bits per heavy atom. The van der Waals surface area contributed by atoms with Crippen LogP contribution in [-0.2, 0) is 23.1 Å². The Kier molecular flexibility index (Phi) is 5.53. The molecule has 1 spiro atoms. The smallest absolute Gasteiger partial charge is 0.306 e. The van der Waals surface area contributed by atoms with Gasteiger partial charge in [0.2, 0.25) is 0 Å². The largest absolute Gasteiger partial charge is 0.402 e. The van der Waals surface area contributed by atoms with Crippen LogP contribution in [0.25, 0.3) is 16.9 Å². The number of aromatic nitrogens is 2. The van der Waals surface area contributed by atoms with Crippen molar-refractivity contribution < 1.29 is 21.6 Å². The van der Waals surface area contributed by atoms with Gasteiger partial charge in [0, 0.05) is 29.0 Å². The van der Waals surface area contributed by atoms with Crippen molar-refractivity contribution in [3.05, 3.63) is 71.1 Å². The molecule has 1 saturated carbocycles. The van der Waals surface area contributed by atoms with E-state index < -0.39 is 28.5 Å². The first-order valence-electron chi connectivity index (χ1n) is 11.8. The monoisotopic (exact) mass is 536 g/mol. The highest BCUT2D eigenvalue weighted by atomic mass is 35.5. The number of nitrogens with zero attached hydrogens (tertiary/aromatic N) is 3. The standard InChI is InChI=1S/C25H24ClF3N4O2S/c26-21-5-7-22(8-6-21)32-12-23(30-15-32)17-2-1-16-10-19-3-4-20(11-18(16)9-17)24(19)13-33(14-25(27,28)29)36(34,35)31-24/h1-2,5-9,12,15,19-20,31H,3-4,10-11,13-14H2/t19-,20+,24+/m0/s1. The van der Waals surface area contributed by atoms with E-state index in [0.717, 1.165) is 40.9 Å². The second-order valence-corrected chi connectivity index (χ2v) is 12.1. The lowest BCUT2D eigenvalue weighted by Crippen LogP contribution is -2.52. The van der Waals surface area contributed by atoms with Gasteiger partial charge in [-0.3, -0.25) is 0 Å². The molecule has 190 valence electrons. The van der Waals surface area contributed by atoms with Gasteiger partial charge in [-0.15, -0.1) is 0 Å². The normalized spacial score (nSPS) is 27.3. The number of halogens is 4. The zero-order chi connectivity index (χ0) is 25.3. The molecule has 2 heterocycles.